The molecule has 2 amide bonds. The molecule has 0 aliphatic carbocycles. The molecule has 1 aliphatic rings. The second-order valence-corrected chi connectivity index (χ2v) is 10.3. The van der Waals surface area contributed by atoms with Crippen molar-refractivity contribution >= 4 is 41.7 Å². The molecule has 0 radical (unpaired) electrons. The van der Waals surface area contributed by atoms with Crippen LogP contribution in [-0.4, -0.2) is 87.0 Å². The van der Waals surface area contributed by atoms with Gasteiger partial charge < -0.3 is 29.3 Å². The average molecular weight is 473 g/mol. The number of ether oxygens (including phenoxy) is 2. The Morgan fingerprint density at radius 1 is 0.824 bits per heavy atom. The lowest BCUT2D eigenvalue weighted by Crippen LogP contribution is -2.51. The molecule has 0 unspecified atom stereocenters. The molecule has 0 saturated carbocycles. The number of carbonyl (C=O) groups is 3. The predicted molar refractivity (Wildman–Crippen MR) is 127 cm³/mol. The van der Waals surface area contributed by atoms with Gasteiger partial charge in [-0.25, -0.2) is 9.59 Å². The fraction of sp³-hybridized carbons (Fsp3) is 0.522. The van der Waals surface area contributed by atoms with Gasteiger partial charge >= 0.3 is 19.3 Å². The molecule has 2 heterocycles. The van der Waals surface area contributed by atoms with Gasteiger partial charge in [0.1, 0.15) is 11.2 Å². The zero-order valence-corrected chi connectivity index (χ0v) is 20.5. The Labute approximate surface area is 199 Å². The van der Waals surface area contributed by atoms with Gasteiger partial charge in [0, 0.05) is 31.7 Å². The minimum absolute atomic E-state index is 0.0557. The van der Waals surface area contributed by atoms with Crippen molar-refractivity contribution in [2.75, 3.05) is 26.2 Å². The van der Waals surface area contributed by atoms with Crippen LogP contribution in [-0.2, 0) is 9.47 Å². The number of fused-ring (bicyclic) bond motifs is 1. The second kappa shape index (κ2) is 9.30. The monoisotopic (exact) mass is 473 g/mol. The summed E-state index contributed by atoms with van der Waals surface area (Å²) in [5.41, 5.74) is -0.786. The van der Waals surface area contributed by atoms with Crippen LogP contribution in [0.2, 0.25) is 0 Å². The molecule has 34 heavy (non-hydrogen) atoms. The molecule has 11 heteroatoms. The third kappa shape index (κ3) is 5.90. The zero-order valence-electron chi connectivity index (χ0n) is 20.5. The van der Waals surface area contributed by atoms with Crippen LogP contribution in [0, 0.1) is 0 Å². The van der Waals surface area contributed by atoms with Crippen LogP contribution in [0.1, 0.15) is 51.9 Å². The van der Waals surface area contributed by atoms with Crippen LogP contribution in [0.3, 0.4) is 0 Å². The number of rotatable bonds is 2. The molecule has 2 aromatic rings. The van der Waals surface area contributed by atoms with Crippen LogP contribution in [0.15, 0.2) is 24.3 Å². The molecule has 0 atom stereocenters. The largest absolute Gasteiger partial charge is 0.506 e. The van der Waals surface area contributed by atoms with E-state index in [2.05, 4.69) is 0 Å². The van der Waals surface area contributed by atoms with Crippen molar-refractivity contribution in [2.24, 2.45) is 0 Å². The first-order valence-electron chi connectivity index (χ1n) is 11.2. The molecule has 1 aliphatic heterocycles. The van der Waals surface area contributed by atoms with E-state index in [9.17, 15) is 24.4 Å². The van der Waals surface area contributed by atoms with Gasteiger partial charge in [-0.3, -0.25) is 9.36 Å². The maximum absolute atomic E-state index is 13.2. The van der Waals surface area contributed by atoms with Crippen molar-refractivity contribution in [1.29, 1.82) is 0 Å². The van der Waals surface area contributed by atoms with Crippen LogP contribution >= 0.6 is 0 Å². The van der Waals surface area contributed by atoms with Crippen molar-refractivity contribution < 1.29 is 33.9 Å². The van der Waals surface area contributed by atoms with Crippen LogP contribution in [0.5, 0.6) is 0 Å². The number of hydrogen-bond donors (Lipinski definition) is 2. The molecule has 184 valence electrons. The number of benzene rings is 1. The Bertz CT molecular complexity index is 1090. The minimum atomic E-state index is -1.90. The maximum atomic E-state index is 13.2. The van der Waals surface area contributed by atoms with E-state index in [4.69, 9.17) is 9.47 Å². The quantitative estimate of drug-likeness (QED) is 0.638. The zero-order chi connectivity index (χ0) is 25.4. The SMILES string of the molecule is CC(C)(C)OC(=O)N1CCN(C(=O)c2ccc3cc(B(O)O)n(C(=O)OC(C)(C)C)c3c2)CC1. The van der Waals surface area contributed by atoms with E-state index < -0.39 is 30.5 Å². The number of aromatic nitrogens is 1. The summed E-state index contributed by atoms with van der Waals surface area (Å²) in [5, 5.41) is 20.1. The summed E-state index contributed by atoms with van der Waals surface area (Å²) in [6.45, 7) is 11.9. The summed E-state index contributed by atoms with van der Waals surface area (Å²) < 4.78 is 11.9. The highest BCUT2D eigenvalue weighted by atomic mass is 16.6. The van der Waals surface area contributed by atoms with Gasteiger partial charge in [-0.15, -0.1) is 0 Å². The topological polar surface area (TPSA) is 122 Å². The van der Waals surface area contributed by atoms with E-state index in [1.165, 1.54) is 12.1 Å². The summed E-state index contributed by atoms with van der Waals surface area (Å²) in [4.78, 5) is 41.5. The Morgan fingerprint density at radius 2 is 1.35 bits per heavy atom. The third-order valence-corrected chi connectivity index (χ3v) is 5.14. The van der Waals surface area contributed by atoms with Crippen molar-refractivity contribution in [2.45, 2.75) is 52.7 Å². The van der Waals surface area contributed by atoms with Crippen LogP contribution in [0.25, 0.3) is 10.9 Å². The molecule has 1 aromatic carbocycles. The van der Waals surface area contributed by atoms with Gasteiger partial charge in [0.2, 0.25) is 0 Å². The Balaban J connectivity index is 1.83. The molecular weight excluding hydrogens is 441 g/mol. The van der Waals surface area contributed by atoms with E-state index in [1.54, 1.807) is 63.5 Å². The Hall–Kier alpha value is -3.05. The molecule has 1 fully saturated rings. The highest BCUT2D eigenvalue weighted by Crippen LogP contribution is 2.21. The third-order valence-electron chi connectivity index (χ3n) is 5.14. The molecular formula is C23H32BN3O7. The lowest BCUT2D eigenvalue weighted by Gasteiger charge is -2.35. The van der Waals surface area contributed by atoms with E-state index in [1.807, 2.05) is 0 Å². The summed E-state index contributed by atoms with van der Waals surface area (Å²) in [7, 11) is -1.90. The van der Waals surface area contributed by atoms with Gasteiger partial charge in [-0.2, -0.15) is 0 Å². The van der Waals surface area contributed by atoms with E-state index in [-0.39, 0.29) is 11.5 Å². The fourth-order valence-electron chi connectivity index (χ4n) is 3.66. The summed E-state index contributed by atoms with van der Waals surface area (Å²) in [5.74, 6) is -0.256. The molecule has 0 spiro atoms. The standard InChI is InChI=1S/C23H32BN3O7/c1-22(2,3)33-20(29)26-11-9-25(10-12-26)19(28)16-8-7-15-14-18(24(31)32)27(17(15)13-16)21(30)34-23(4,5)6/h7-8,13-14,31-32H,9-12H2,1-6H3. The van der Waals surface area contributed by atoms with Crippen LogP contribution < -0.4 is 5.59 Å². The first-order chi connectivity index (χ1) is 15.7. The number of hydrogen-bond acceptors (Lipinski definition) is 7. The lowest BCUT2D eigenvalue weighted by molar-refractivity contribution is 0.0141. The first kappa shape index (κ1) is 25.6. The predicted octanol–water partition coefficient (Wildman–Crippen LogP) is 1.80. The Morgan fingerprint density at radius 3 is 1.88 bits per heavy atom. The molecule has 1 aromatic heterocycles. The highest BCUT2D eigenvalue weighted by molar-refractivity contribution is 6.59. The molecule has 3 rings (SSSR count). The molecule has 0 bridgehead atoms. The number of carbonyl (C=O) groups excluding carboxylic acids is 3. The number of piperazine rings is 1. The minimum Gasteiger partial charge on any atom is -0.444 e. The van der Waals surface area contributed by atoms with Crippen molar-refractivity contribution in [3.63, 3.8) is 0 Å². The molecule has 2 N–H and O–H groups in total. The normalized spacial score (nSPS) is 14.8. The summed E-state index contributed by atoms with van der Waals surface area (Å²) in [6.07, 6.45) is -1.19. The fourth-order valence-corrected chi connectivity index (χ4v) is 3.66. The lowest BCUT2D eigenvalue weighted by atomic mass is 9.86. The first-order valence-corrected chi connectivity index (χ1v) is 11.2. The van der Waals surface area contributed by atoms with Crippen molar-refractivity contribution in [3.8, 4) is 0 Å². The Kier molecular flexibility index (Phi) is 7.00. The van der Waals surface area contributed by atoms with Gasteiger partial charge in [0.05, 0.1) is 11.1 Å². The number of nitrogens with zero attached hydrogens (tertiary/aromatic N) is 3. The van der Waals surface area contributed by atoms with Crippen molar-refractivity contribution in [1.82, 2.24) is 14.4 Å². The van der Waals surface area contributed by atoms with Gasteiger partial charge in [0.15, 0.2) is 0 Å². The van der Waals surface area contributed by atoms with E-state index in [0.29, 0.717) is 42.6 Å². The van der Waals surface area contributed by atoms with Gasteiger partial charge in [-0.1, -0.05) is 6.07 Å². The average Bonchev–Trinajstić information content (AvgIpc) is 3.10. The maximum Gasteiger partial charge on any atom is 0.506 e. The van der Waals surface area contributed by atoms with E-state index in [0.717, 1.165) is 4.57 Å². The highest BCUT2D eigenvalue weighted by Gasteiger charge is 2.30. The van der Waals surface area contributed by atoms with Gasteiger partial charge in [-0.05, 0) is 65.1 Å². The molecule has 10 nitrogen and oxygen atoms in total. The summed E-state index contributed by atoms with van der Waals surface area (Å²) >= 11 is 0. The van der Waals surface area contributed by atoms with E-state index >= 15 is 0 Å². The number of amides is 2. The summed E-state index contributed by atoms with van der Waals surface area (Å²) in [6, 6.07) is 6.27. The smallest absolute Gasteiger partial charge is 0.444 e. The van der Waals surface area contributed by atoms with Crippen LogP contribution in [0.4, 0.5) is 9.59 Å². The van der Waals surface area contributed by atoms with Gasteiger partial charge in [0.25, 0.3) is 5.91 Å². The second-order valence-electron chi connectivity index (χ2n) is 10.3. The van der Waals surface area contributed by atoms with Crippen molar-refractivity contribution in [3.05, 3.63) is 29.8 Å². The molecule has 1 saturated heterocycles.